The standard InChI is InChI=1S/C10H13BrO/c1-6-4-5-9(11)10(7(6)2)8(3)12/h4-5,8,12H,1-3H3. The van der Waals surface area contributed by atoms with Gasteiger partial charge in [0.2, 0.25) is 0 Å². The summed E-state index contributed by atoms with van der Waals surface area (Å²) in [5, 5.41) is 9.48. The zero-order valence-corrected chi connectivity index (χ0v) is 9.14. The molecule has 0 saturated carbocycles. The van der Waals surface area contributed by atoms with E-state index in [0.717, 1.165) is 10.0 Å². The van der Waals surface area contributed by atoms with Crippen molar-refractivity contribution in [2.45, 2.75) is 26.9 Å². The fraction of sp³-hybridized carbons (Fsp3) is 0.400. The normalized spacial score (nSPS) is 13.1. The van der Waals surface area contributed by atoms with Crippen LogP contribution in [-0.2, 0) is 0 Å². The molecule has 1 nitrogen and oxygen atoms in total. The van der Waals surface area contributed by atoms with Crippen molar-refractivity contribution < 1.29 is 5.11 Å². The molecule has 12 heavy (non-hydrogen) atoms. The van der Waals surface area contributed by atoms with E-state index in [1.54, 1.807) is 6.92 Å². The van der Waals surface area contributed by atoms with E-state index in [0.29, 0.717) is 0 Å². The lowest BCUT2D eigenvalue weighted by atomic mass is 10.0. The minimum absolute atomic E-state index is 0.403. The highest BCUT2D eigenvalue weighted by Crippen LogP contribution is 2.28. The zero-order valence-electron chi connectivity index (χ0n) is 7.56. The van der Waals surface area contributed by atoms with Gasteiger partial charge >= 0.3 is 0 Å². The highest BCUT2D eigenvalue weighted by atomic mass is 79.9. The topological polar surface area (TPSA) is 20.2 Å². The van der Waals surface area contributed by atoms with Crippen LogP contribution in [0, 0.1) is 13.8 Å². The summed E-state index contributed by atoms with van der Waals surface area (Å²) in [5.74, 6) is 0. The number of aliphatic hydroxyl groups is 1. The maximum atomic E-state index is 9.48. The highest BCUT2D eigenvalue weighted by molar-refractivity contribution is 9.10. The van der Waals surface area contributed by atoms with Gasteiger partial charge in [-0.3, -0.25) is 0 Å². The van der Waals surface area contributed by atoms with E-state index < -0.39 is 6.10 Å². The monoisotopic (exact) mass is 228 g/mol. The van der Waals surface area contributed by atoms with Gasteiger partial charge in [0.25, 0.3) is 0 Å². The summed E-state index contributed by atoms with van der Waals surface area (Å²) < 4.78 is 0.987. The molecule has 0 bridgehead atoms. The van der Waals surface area contributed by atoms with Gasteiger partial charge in [0.15, 0.2) is 0 Å². The van der Waals surface area contributed by atoms with Crippen LogP contribution in [0.25, 0.3) is 0 Å². The largest absolute Gasteiger partial charge is 0.389 e. The van der Waals surface area contributed by atoms with Gasteiger partial charge in [-0.15, -0.1) is 0 Å². The zero-order chi connectivity index (χ0) is 9.30. The summed E-state index contributed by atoms with van der Waals surface area (Å²) in [7, 11) is 0. The van der Waals surface area contributed by atoms with Crippen LogP contribution >= 0.6 is 15.9 Å². The second-order valence-corrected chi connectivity index (χ2v) is 3.93. The van der Waals surface area contributed by atoms with Crippen molar-refractivity contribution in [3.63, 3.8) is 0 Å². The quantitative estimate of drug-likeness (QED) is 0.784. The molecule has 1 atom stereocenters. The van der Waals surface area contributed by atoms with E-state index in [9.17, 15) is 5.11 Å². The van der Waals surface area contributed by atoms with E-state index in [1.165, 1.54) is 11.1 Å². The van der Waals surface area contributed by atoms with Crippen LogP contribution in [0.3, 0.4) is 0 Å². The van der Waals surface area contributed by atoms with E-state index in [4.69, 9.17) is 0 Å². The first-order valence-electron chi connectivity index (χ1n) is 3.97. The second kappa shape index (κ2) is 3.58. The van der Waals surface area contributed by atoms with Gasteiger partial charge in [-0.2, -0.15) is 0 Å². The predicted octanol–water partition coefficient (Wildman–Crippen LogP) is 3.12. The minimum Gasteiger partial charge on any atom is -0.389 e. The van der Waals surface area contributed by atoms with Crippen molar-refractivity contribution in [2.75, 3.05) is 0 Å². The Balaban J connectivity index is 3.33. The van der Waals surface area contributed by atoms with Gasteiger partial charge in [0.05, 0.1) is 6.10 Å². The maximum absolute atomic E-state index is 9.48. The smallest absolute Gasteiger partial charge is 0.0775 e. The Morgan fingerprint density at radius 3 is 2.33 bits per heavy atom. The van der Waals surface area contributed by atoms with Crippen LogP contribution in [0.2, 0.25) is 0 Å². The Labute approximate surface area is 81.6 Å². The van der Waals surface area contributed by atoms with Gasteiger partial charge in [0.1, 0.15) is 0 Å². The molecule has 0 aromatic heterocycles. The van der Waals surface area contributed by atoms with Gasteiger partial charge < -0.3 is 5.11 Å². The van der Waals surface area contributed by atoms with Crippen LogP contribution in [0.5, 0.6) is 0 Å². The summed E-state index contributed by atoms with van der Waals surface area (Å²) in [6, 6.07) is 4.02. The number of aliphatic hydroxyl groups excluding tert-OH is 1. The molecule has 0 saturated heterocycles. The predicted molar refractivity (Wildman–Crippen MR) is 54.2 cm³/mol. The van der Waals surface area contributed by atoms with E-state index in [2.05, 4.69) is 15.9 Å². The summed E-state index contributed by atoms with van der Waals surface area (Å²) >= 11 is 3.42. The molecule has 2 heteroatoms. The summed E-state index contributed by atoms with van der Waals surface area (Å²) in [4.78, 5) is 0. The van der Waals surface area contributed by atoms with Gasteiger partial charge in [-0.1, -0.05) is 22.0 Å². The fourth-order valence-corrected chi connectivity index (χ4v) is 2.08. The van der Waals surface area contributed by atoms with E-state index in [1.807, 2.05) is 26.0 Å². The molecular formula is C10H13BrO. The molecule has 1 aromatic rings. The first kappa shape index (κ1) is 9.75. The van der Waals surface area contributed by atoms with Crippen molar-refractivity contribution in [3.8, 4) is 0 Å². The second-order valence-electron chi connectivity index (χ2n) is 3.08. The molecule has 0 spiro atoms. The average Bonchev–Trinajstić information content (AvgIpc) is 1.97. The van der Waals surface area contributed by atoms with Crippen LogP contribution in [-0.4, -0.2) is 5.11 Å². The first-order valence-corrected chi connectivity index (χ1v) is 4.77. The van der Waals surface area contributed by atoms with Crippen molar-refractivity contribution in [1.82, 2.24) is 0 Å². The third-order valence-electron chi connectivity index (χ3n) is 2.15. The highest BCUT2D eigenvalue weighted by Gasteiger charge is 2.10. The summed E-state index contributed by atoms with van der Waals surface area (Å²) in [5.41, 5.74) is 3.38. The molecule has 0 aliphatic carbocycles. The Hall–Kier alpha value is -0.340. The molecule has 1 rings (SSSR count). The third-order valence-corrected chi connectivity index (χ3v) is 2.84. The number of benzene rings is 1. The van der Waals surface area contributed by atoms with Crippen LogP contribution in [0.15, 0.2) is 16.6 Å². The van der Waals surface area contributed by atoms with Crippen molar-refractivity contribution in [2.24, 2.45) is 0 Å². The molecule has 1 N–H and O–H groups in total. The van der Waals surface area contributed by atoms with E-state index >= 15 is 0 Å². The van der Waals surface area contributed by atoms with Gasteiger partial charge in [-0.05, 0) is 43.5 Å². The summed E-state index contributed by atoms with van der Waals surface area (Å²) in [6.07, 6.45) is -0.403. The Kier molecular flexibility index (Phi) is 2.91. The van der Waals surface area contributed by atoms with Gasteiger partial charge in [0, 0.05) is 4.47 Å². The van der Waals surface area contributed by atoms with Gasteiger partial charge in [-0.25, -0.2) is 0 Å². The number of halogens is 1. The molecule has 66 valence electrons. The van der Waals surface area contributed by atoms with Crippen LogP contribution in [0.1, 0.15) is 29.7 Å². The summed E-state index contributed by atoms with van der Waals surface area (Å²) in [6.45, 7) is 5.86. The molecule has 0 fully saturated rings. The van der Waals surface area contributed by atoms with Crippen LogP contribution in [0.4, 0.5) is 0 Å². The van der Waals surface area contributed by atoms with Crippen LogP contribution < -0.4 is 0 Å². The Morgan fingerprint density at radius 1 is 1.33 bits per heavy atom. The minimum atomic E-state index is -0.403. The first-order chi connectivity index (χ1) is 5.54. The number of aryl methyl sites for hydroxylation is 1. The van der Waals surface area contributed by atoms with E-state index in [-0.39, 0.29) is 0 Å². The van der Waals surface area contributed by atoms with Crippen molar-refractivity contribution >= 4 is 15.9 Å². The average molecular weight is 229 g/mol. The Morgan fingerprint density at radius 2 is 1.92 bits per heavy atom. The third kappa shape index (κ3) is 1.70. The maximum Gasteiger partial charge on any atom is 0.0775 e. The number of hydrogen-bond donors (Lipinski definition) is 1. The SMILES string of the molecule is Cc1ccc(Br)c(C(C)O)c1C. The molecule has 1 aromatic carbocycles. The lowest BCUT2D eigenvalue weighted by Crippen LogP contribution is -1.98. The molecule has 0 aliphatic rings. The molecular weight excluding hydrogens is 216 g/mol. The molecule has 0 amide bonds. The van der Waals surface area contributed by atoms with Crippen molar-refractivity contribution in [1.29, 1.82) is 0 Å². The van der Waals surface area contributed by atoms with Crippen molar-refractivity contribution in [3.05, 3.63) is 33.3 Å². The molecule has 0 aliphatic heterocycles. The Bertz CT molecular complexity index is 292. The molecule has 0 radical (unpaired) electrons. The molecule has 1 unspecified atom stereocenters. The molecule has 0 heterocycles. The number of hydrogen-bond acceptors (Lipinski definition) is 1. The lowest BCUT2D eigenvalue weighted by molar-refractivity contribution is 0.197. The fourth-order valence-electron chi connectivity index (χ4n) is 1.32. The lowest BCUT2D eigenvalue weighted by Gasteiger charge is -2.13. The number of rotatable bonds is 1.